The Hall–Kier alpha value is -15.7. The van der Waals surface area contributed by atoms with Crippen LogP contribution < -0.4 is 39.2 Å². The van der Waals surface area contributed by atoms with Crippen molar-refractivity contribution in [1.82, 2.24) is 0 Å². The Bertz CT molecular complexity index is 5990. The summed E-state index contributed by atoms with van der Waals surface area (Å²) in [5, 5.41) is 29.3. The third-order valence-electron chi connectivity index (χ3n) is 20.8. The summed E-state index contributed by atoms with van der Waals surface area (Å²) < 4.78 is 0. The van der Waals surface area contributed by atoms with Gasteiger partial charge in [-0.15, -0.1) is 0 Å². The highest BCUT2D eigenvalue weighted by atomic mass is 16.6. The van der Waals surface area contributed by atoms with Crippen LogP contribution in [0.1, 0.15) is 38.9 Å². The zero-order chi connectivity index (χ0) is 83.9. The molecule has 0 spiro atoms. The Labute approximate surface area is 706 Å². The van der Waals surface area contributed by atoms with Gasteiger partial charge in [0.25, 0.3) is 5.69 Å². The van der Waals surface area contributed by atoms with E-state index in [1.54, 1.807) is 12.1 Å². The predicted molar refractivity (Wildman–Crippen MR) is 502 cm³/mol. The first-order valence-corrected chi connectivity index (χ1v) is 39.8. The number of nitrogens with zero attached hydrogens (tertiary/aromatic N) is 11. The van der Waals surface area contributed by atoms with Crippen LogP contribution in [0.5, 0.6) is 0 Å². The summed E-state index contributed by atoms with van der Waals surface area (Å²) in [5.41, 5.74) is 29.2. The van der Waals surface area contributed by atoms with Crippen molar-refractivity contribution in [3.05, 3.63) is 462 Å². The molecule has 0 saturated carbocycles. The van der Waals surface area contributed by atoms with Gasteiger partial charge in [-0.25, -0.2) is 0 Å². The van der Waals surface area contributed by atoms with Crippen molar-refractivity contribution in [1.29, 1.82) is 10.5 Å². The van der Waals surface area contributed by atoms with Crippen molar-refractivity contribution in [2.45, 2.75) is 34.6 Å². The second-order valence-corrected chi connectivity index (χ2v) is 29.3. The highest BCUT2D eigenvalue weighted by Gasteiger charge is 2.20. The minimum Gasteiger partial charge on any atom is -0.345 e. The summed E-state index contributed by atoms with van der Waals surface area (Å²) >= 11 is 0. The van der Waals surface area contributed by atoms with Crippen molar-refractivity contribution in [3.8, 4) is 12.1 Å². The maximum Gasteiger partial charge on any atom is 0.271 e. The molecule has 0 saturated heterocycles. The van der Waals surface area contributed by atoms with Gasteiger partial charge in [0.05, 0.1) is 28.2 Å². The molecule has 120 heavy (non-hydrogen) atoms. The van der Waals surface area contributed by atoms with Gasteiger partial charge in [-0.05, 0) is 289 Å². The molecule has 0 aliphatic carbocycles. The Kier molecular flexibility index (Phi) is 27.1. The van der Waals surface area contributed by atoms with Crippen LogP contribution in [0.15, 0.2) is 413 Å². The lowest BCUT2D eigenvalue weighted by atomic mass is 10.1. The molecule has 0 fully saturated rings. The highest BCUT2D eigenvalue weighted by Crippen LogP contribution is 2.42. The Morgan fingerprint density at radius 3 is 0.642 bits per heavy atom. The van der Waals surface area contributed by atoms with E-state index in [9.17, 15) is 15.4 Å². The van der Waals surface area contributed by atoms with Gasteiger partial charge in [0, 0.05) is 154 Å². The standard InChI is InChI=1S/2C27H23N3.C27H26N2.C26H23N3O2/c1-21-11-13-25(14-12-21)30(24-8-4-3-5-9-24)26-17-15-23(16-18-26)29(2)27-10-6-7-22(19-27)20-28;1-21-8-12-26(13-9-21)30(25-6-4-3-5-7-25)27-18-16-24(17-19-27)29(2)23-14-10-22(20-28)11-15-23;1-21-9-13-25(14-10-21)29(26-15-11-22(2)12-16-26)27-19-17-24(18-20-27)28(3)23-7-5-4-6-8-23;1-20-11-13-23(14-12-20)28(22-7-4-3-5-8-22)24-17-15-21(16-18-24)27(2)25-9-6-10-26(19-25)29(30)31/h2*3-19H,1-2H3;4-20H,1-3H3;3-19H,1-2H3. The van der Waals surface area contributed by atoms with Crippen molar-refractivity contribution in [3.63, 3.8) is 0 Å². The van der Waals surface area contributed by atoms with Gasteiger partial charge >= 0.3 is 0 Å². The number of benzene rings is 16. The lowest BCUT2D eigenvalue weighted by Crippen LogP contribution is -2.12. The second kappa shape index (κ2) is 39.6. The molecule has 0 unspecified atom stereocenters. The molecule has 0 aliphatic heterocycles. The zero-order valence-electron chi connectivity index (χ0n) is 69.0. The molecule has 13 nitrogen and oxygen atoms in total. The Morgan fingerprint density at radius 1 is 0.208 bits per heavy atom. The molecule has 16 aromatic rings. The summed E-state index contributed by atoms with van der Waals surface area (Å²) in [6.07, 6.45) is 0. The third kappa shape index (κ3) is 20.9. The molecule has 0 aromatic heterocycles. The van der Waals surface area contributed by atoms with Crippen molar-refractivity contribution in [2.75, 3.05) is 67.4 Å². The van der Waals surface area contributed by atoms with Crippen molar-refractivity contribution < 1.29 is 4.92 Å². The Morgan fingerprint density at radius 2 is 0.392 bits per heavy atom. The first-order valence-electron chi connectivity index (χ1n) is 39.8. The van der Waals surface area contributed by atoms with Crippen LogP contribution in [-0.2, 0) is 0 Å². The van der Waals surface area contributed by atoms with Gasteiger partial charge in [0.15, 0.2) is 0 Å². The molecule has 13 heteroatoms. The lowest BCUT2D eigenvalue weighted by Gasteiger charge is -2.27. The summed E-state index contributed by atoms with van der Waals surface area (Å²) in [5.74, 6) is 0. The fraction of sp³-hybridized carbons (Fsp3) is 0.0841. The fourth-order valence-electron chi connectivity index (χ4n) is 13.9. The molecule has 0 radical (unpaired) electrons. The number of nitriles is 2. The molecular formula is C107H95N11O2. The van der Waals surface area contributed by atoms with E-state index < -0.39 is 0 Å². The molecule has 0 amide bonds. The molecule has 0 bridgehead atoms. The van der Waals surface area contributed by atoms with E-state index in [1.165, 1.54) is 39.6 Å². The van der Waals surface area contributed by atoms with E-state index in [4.69, 9.17) is 5.26 Å². The van der Waals surface area contributed by atoms with Crippen LogP contribution in [0, 0.1) is 67.4 Å². The highest BCUT2D eigenvalue weighted by molar-refractivity contribution is 5.83. The Balaban J connectivity index is 0.000000138. The first-order chi connectivity index (χ1) is 58.4. The molecular weight excluding hydrogens is 1470 g/mol. The maximum atomic E-state index is 11.1. The number of nitro groups is 1. The van der Waals surface area contributed by atoms with Crippen LogP contribution in [0.25, 0.3) is 0 Å². The number of hydrogen-bond donors (Lipinski definition) is 0. The van der Waals surface area contributed by atoms with E-state index >= 15 is 0 Å². The third-order valence-corrected chi connectivity index (χ3v) is 20.8. The largest absolute Gasteiger partial charge is 0.345 e. The average molecular weight is 1570 g/mol. The SMILES string of the molecule is Cc1ccc(N(c2ccc(C)cc2)c2ccc(N(C)c3ccccc3)cc2)cc1.Cc1ccc(N(c2ccccc2)c2ccc(N(C)c3ccc(C#N)cc3)cc2)cc1.Cc1ccc(N(c2ccccc2)c2ccc(N(C)c3cccc(C#N)c3)cc2)cc1.Cc1ccc(N(c2ccccc2)c2ccc(N(C)c3cccc([N+](=O)[O-])c3)cc2)cc1. The van der Waals surface area contributed by atoms with Gasteiger partial charge < -0.3 is 39.2 Å². The summed E-state index contributed by atoms with van der Waals surface area (Å²) in [6, 6.07) is 145. The lowest BCUT2D eigenvalue weighted by molar-refractivity contribution is -0.384. The van der Waals surface area contributed by atoms with Gasteiger partial charge in [-0.2, -0.15) is 10.5 Å². The molecule has 0 heterocycles. The predicted octanol–water partition coefficient (Wildman–Crippen LogP) is 28.9. The number of aryl methyl sites for hydroxylation is 5. The summed E-state index contributed by atoms with van der Waals surface area (Å²) in [7, 11) is 8.05. The van der Waals surface area contributed by atoms with Crippen LogP contribution in [0.3, 0.4) is 0 Å². The fourth-order valence-corrected chi connectivity index (χ4v) is 13.9. The summed E-state index contributed by atoms with van der Waals surface area (Å²) in [6.45, 7) is 10.5. The van der Waals surface area contributed by atoms with Crippen LogP contribution in [0.2, 0.25) is 0 Å². The monoisotopic (exact) mass is 1570 g/mol. The molecule has 16 aromatic carbocycles. The quantitative estimate of drug-likeness (QED) is 0.0504. The minimum absolute atomic E-state index is 0.0793. The van der Waals surface area contributed by atoms with E-state index in [0.29, 0.717) is 11.1 Å². The summed E-state index contributed by atoms with van der Waals surface area (Å²) in [4.78, 5) is 28.1. The average Bonchev–Trinajstić information content (AvgIpc) is 0.813. The molecule has 0 atom stereocenters. The number of para-hydroxylation sites is 4. The second-order valence-electron chi connectivity index (χ2n) is 29.3. The van der Waals surface area contributed by atoms with E-state index in [-0.39, 0.29) is 10.6 Å². The number of anilines is 20. The number of non-ortho nitro benzene ring substituents is 1. The van der Waals surface area contributed by atoms with Gasteiger partial charge in [0.2, 0.25) is 0 Å². The molecule has 0 N–H and O–H groups in total. The maximum absolute atomic E-state index is 11.1. The van der Waals surface area contributed by atoms with Crippen molar-refractivity contribution >= 4 is 119 Å². The topological polar surface area (TPSA) is 117 Å². The smallest absolute Gasteiger partial charge is 0.271 e. The van der Waals surface area contributed by atoms with Crippen molar-refractivity contribution in [2.24, 2.45) is 0 Å². The molecule has 16 rings (SSSR count). The number of nitro benzene ring substituents is 1. The number of hydrogen-bond acceptors (Lipinski definition) is 12. The van der Waals surface area contributed by atoms with Crippen LogP contribution >= 0.6 is 0 Å². The van der Waals surface area contributed by atoms with E-state index in [0.717, 1.165) is 108 Å². The van der Waals surface area contributed by atoms with Gasteiger partial charge in [0.1, 0.15) is 0 Å². The van der Waals surface area contributed by atoms with Gasteiger partial charge in [-0.1, -0.05) is 173 Å². The number of rotatable bonds is 21. The first kappa shape index (κ1) is 82.3. The van der Waals surface area contributed by atoms with E-state index in [1.807, 2.05) is 129 Å². The minimum atomic E-state index is -0.375. The normalized spacial score (nSPS) is 10.4. The van der Waals surface area contributed by atoms with Crippen LogP contribution in [-0.4, -0.2) is 33.1 Å². The zero-order valence-corrected chi connectivity index (χ0v) is 69.0. The molecule has 0 aliphatic rings. The van der Waals surface area contributed by atoms with E-state index in [2.05, 4.69) is 379 Å². The van der Waals surface area contributed by atoms with Gasteiger partial charge in [-0.3, -0.25) is 10.1 Å². The molecule has 590 valence electrons. The van der Waals surface area contributed by atoms with Crippen LogP contribution in [0.4, 0.5) is 119 Å².